The van der Waals surface area contributed by atoms with Gasteiger partial charge in [0, 0.05) is 25.3 Å². The van der Waals surface area contributed by atoms with Crippen molar-refractivity contribution in [3.8, 4) is 0 Å². The smallest absolute Gasteiger partial charge is 0.237 e. The van der Waals surface area contributed by atoms with Crippen LogP contribution in [0.15, 0.2) is 71.8 Å². The lowest BCUT2D eigenvalue weighted by atomic mass is 9.74. The molecule has 2 aromatic carbocycles. The topological polar surface area (TPSA) is 83.1 Å². The number of hydrogen-bond donors (Lipinski definition) is 1. The number of carbonyl (C=O) groups is 1. The Labute approximate surface area is 183 Å². The summed E-state index contributed by atoms with van der Waals surface area (Å²) < 4.78 is 24.3. The molecule has 0 bridgehead atoms. The van der Waals surface area contributed by atoms with Crippen LogP contribution in [0.3, 0.4) is 0 Å². The fourth-order valence-electron chi connectivity index (χ4n) is 4.54. The zero-order chi connectivity index (χ0) is 22.1. The predicted molar refractivity (Wildman–Crippen MR) is 120 cm³/mol. The lowest BCUT2D eigenvalue weighted by Gasteiger charge is -2.39. The van der Waals surface area contributed by atoms with Crippen LogP contribution < -0.4 is 0 Å². The predicted octanol–water partition coefficient (Wildman–Crippen LogP) is 3.53. The van der Waals surface area contributed by atoms with E-state index >= 15 is 0 Å². The number of nitrogens with zero attached hydrogens (tertiary/aromatic N) is 2. The van der Waals surface area contributed by atoms with Gasteiger partial charge in [0.2, 0.25) is 5.91 Å². The molecule has 162 valence electrons. The maximum Gasteiger partial charge on any atom is 0.237 e. The lowest BCUT2D eigenvalue weighted by Crippen LogP contribution is -2.49. The summed E-state index contributed by atoms with van der Waals surface area (Å²) >= 11 is 0. The first-order valence-corrected chi connectivity index (χ1v) is 12.3. The number of carbonyl (C=O) groups excluding carboxylic acids is 1. The number of hydrogen-bond acceptors (Lipinski definition) is 4. The number of nitrogens with one attached hydrogen (secondary N) is 1. The average Bonchev–Trinajstić information content (AvgIpc) is 3.30. The maximum atomic E-state index is 14.0. The van der Waals surface area contributed by atoms with Crippen LogP contribution >= 0.6 is 0 Å². The van der Waals surface area contributed by atoms with Crippen molar-refractivity contribution in [3.05, 3.63) is 83.7 Å². The van der Waals surface area contributed by atoms with E-state index in [1.807, 2.05) is 72.5 Å². The number of rotatable bonds is 5. The van der Waals surface area contributed by atoms with Crippen LogP contribution in [0.2, 0.25) is 0 Å². The molecule has 1 fully saturated rings. The molecular weight excluding hydrogens is 410 g/mol. The highest BCUT2D eigenvalue weighted by atomic mass is 32.2. The molecule has 1 amide bonds. The second kappa shape index (κ2) is 8.30. The number of amides is 1. The minimum atomic E-state index is -3.39. The van der Waals surface area contributed by atoms with Gasteiger partial charge in [0.05, 0.1) is 17.3 Å². The molecule has 1 aliphatic rings. The minimum absolute atomic E-state index is 0.0232. The van der Waals surface area contributed by atoms with Gasteiger partial charge in [-0.05, 0) is 30.9 Å². The van der Waals surface area contributed by atoms with Gasteiger partial charge < -0.3 is 4.90 Å². The second-order valence-corrected chi connectivity index (χ2v) is 10.4. The molecule has 3 aromatic rings. The summed E-state index contributed by atoms with van der Waals surface area (Å²) in [4.78, 5) is 16.1. The van der Waals surface area contributed by atoms with Crippen molar-refractivity contribution in [3.63, 3.8) is 0 Å². The van der Waals surface area contributed by atoms with Crippen molar-refractivity contribution in [2.24, 2.45) is 0 Å². The zero-order valence-corrected chi connectivity index (χ0v) is 18.6. The Kier molecular flexibility index (Phi) is 5.71. The van der Waals surface area contributed by atoms with Crippen LogP contribution in [-0.4, -0.2) is 48.8 Å². The normalized spacial score (nSPS) is 17.5. The van der Waals surface area contributed by atoms with E-state index < -0.39 is 15.3 Å². The maximum absolute atomic E-state index is 14.0. The van der Waals surface area contributed by atoms with Crippen LogP contribution in [-0.2, 0) is 20.0 Å². The second-order valence-electron chi connectivity index (χ2n) is 8.37. The molecule has 1 aromatic heterocycles. The molecule has 2 heterocycles. The average molecular weight is 438 g/mol. The molecule has 7 heteroatoms. The van der Waals surface area contributed by atoms with E-state index in [2.05, 4.69) is 10.2 Å². The molecule has 1 N–H and O–H groups in total. The largest absolute Gasteiger partial charge is 0.341 e. The van der Waals surface area contributed by atoms with Crippen molar-refractivity contribution in [1.29, 1.82) is 0 Å². The number of benzene rings is 2. The third kappa shape index (κ3) is 4.02. The standard InChI is InChI=1S/C24H27N3O3S/c1-24(19-11-5-3-6-12-19,20-13-7-4-8-14-20)23(28)27-15-9-10-18(17-27)22-21(16-25-26-22)31(2,29)30/h3-8,11-14,16,18H,9-10,15,17H2,1-2H3,(H,25,26)/t18-/m0/s1. The van der Waals surface area contributed by atoms with Crippen LogP contribution in [0.25, 0.3) is 0 Å². The summed E-state index contributed by atoms with van der Waals surface area (Å²) in [5, 5.41) is 6.85. The summed E-state index contributed by atoms with van der Waals surface area (Å²) in [5.41, 5.74) is 1.64. The molecule has 1 aliphatic heterocycles. The Morgan fingerprint density at radius 3 is 2.19 bits per heavy atom. The van der Waals surface area contributed by atoms with Gasteiger partial charge in [-0.3, -0.25) is 9.89 Å². The molecule has 1 saturated heterocycles. The van der Waals surface area contributed by atoms with Gasteiger partial charge in [0.15, 0.2) is 9.84 Å². The first-order valence-electron chi connectivity index (χ1n) is 10.5. The van der Waals surface area contributed by atoms with E-state index in [-0.39, 0.29) is 16.7 Å². The molecule has 1 atom stereocenters. The van der Waals surface area contributed by atoms with Crippen molar-refractivity contribution in [1.82, 2.24) is 15.1 Å². The molecule has 0 unspecified atom stereocenters. The number of aromatic amines is 1. The lowest BCUT2D eigenvalue weighted by molar-refractivity contribution is -0.136. The molecule has 6 nitrogen and oxygen atoms in total. The van der Waals surface area contributed by atoms with Crippen molar-refractivity contribution >= 4 is 15.7 Å². The van der Waals surface area contributed by atoms with Crippen molar-refractivity contribution in [2.45, 2.75) is 36.0 Å². The van der Waals surface area contributed by atoms with E-state index in [0.29, 0.717) is 18.8 Å². The first-order chi connectivity index (χ1) is 14.8. The van der Waals surface area contributed by atoms with E-state index in [4.69, 9.17) is 0 Å². The molecular formula is C24H27N3O3S. The van der Waals surface area contributed by atoms with Gasteiger partial charge in [-0.2, -0.15) is 5.10 Å². The van der Waals surface area contributed by atoms with Gasteiger partial charge in [-0.1, -0.05) is 60.7 Å². The fourth-order valence-corrected chi connectivity index (χ4v) is 5.40. The summed E-state index contributed by atoms with van der Waals surface area (Å²) in [6, 6.07) is 19.6. The minimum Gasteiger partial charge on any atom is -0.341 e. The Morgan fingerprint density at radius 1 is 1.06 bits per heavy atom. The van der Waals surface area contributed by atoms with Gasteiger partial charge in [0.25, 0.3) is 0 Å². The highest BCUT2D eigenvalue weighted by molar-refractivity contribution is 7.90. The van der Waals surface area contributed by atoms with Crippen LogP contribution in [0.1, 0.15) is 42.5 Å². The van der Waals surface area contributed by atoms with E-state index in [0.717, 1.165) is 24.0 Å². The number of likely N-dealkylation sites (tertiary alicyclic amines) is 1. The highest BCUT2D eigenvalue weighted by Crippen LogP contribution is 2.37. The third-order valence-electron chi connectivity index (χ3n) is 6.28. The Morgan fingerprint density at radius 2 is 1.65 bits per heavy atom. The molecule has 31 heavy (non-hydrogen) atoms. The first kappa shape index (κ1) is 21.3. The SMILES string of the molecule is CC(C(=O)N1CCC[C@H](c2[nH]ncc2S(C)(=O)=O)C1)(c1ccccc1)c1ccccc1. The van der Waals surface area contributed by atoms with Crippen molar-refractivity contribution < 1.29 is 13.2 Å². The van der Waals surface area contributed by atoms with Gasteiger partial charge in [-0.15, -0.1) is 0 Å². The molecule has 0 spiro atoms. The number of sulfone groups is 1. The highest BCUT2D eigenvalue weighted by Gasteiger charge is 2.41. The Bertz CT molecular complexity index is 1120. The summed E-state index contributed by atoms with van der Waals surface area (Å²) in [7, 11) is -3.39. The van der Waals surface area contributed by atoms with Crippen molar-refractivity contribution in [2.75, 3.05) is 19.3 Å². The number of piperidine rings is 1. The van der Waals surface area contributed by atoms with E-state index in [1.54, 1.807) is 0 Å². The third-order valence-corrected chi connectivity index (χ3v) is 7.40. The van der Waals surface area contributed by atoms with E-state index in [9.17, 15) is 13.2 Å². The molecule has 0 radical (unpaired) electrons. The van der Waals surface area contributed by atoms with Crippen LogP contribution in [0.5, 0.6) is 0 Å². The Hall–Kier alpha value is -2.93. The van der Waals surface area contributed by atoms with Gasteiger partial charge in [0.1, 0.15) is 4.90 Å². The Balaban J connectivity index is 1.69. The molecule has 0 aliphatic carbocycles. The van der Waals surface area contributed by atoms with Gasteiger partial charge >= 0.3 is 0 Å². The summed E-state index contributed by atoms with van der Waals surface area (Å²) in [6.07, 6.45) is 4.17. The fraction of sp³-hybridized carbons (Fsp3) is 0.333. The van der Waals surface area contributed by atoms with Gasteiger partial charge in [-0.25, -0.2) is 8.42 Å². The number of H-pyrrole nitrogens is 1. The van der Waals surface area contributed by atoms with E-state index in [1.165, 1.54) is 12.5 Å². The molecule has 4 rings (SSSR count). The van der Waals surface area contributed by atoms with Crippen LogP contribution in [0, 0.1) is 0 Å². The number of aromatic nitrogens is 2. The monoisotopic (exact) mass is 437 g/mol. The molecule has 0 saturated carbocycles. The quantitative estimate of drug-likeness (QED) is 0.662. The summed E-state index contributed by atoms with van der Waals surface area (Å²) in [5.74, 6) is -0.0734. The summed E-state index contributed by atoms with van der Waals surface area (Å²) in [6.45, 7) is 3.08. The van der Waals surface area contributed by atoms with Crippen LogP contribution in [0.4, 0.5) is 0 Å². The zero-order valence-electron chi connectivity index (χ0n) is 17.8.